The van der Waals surface area contributed by atoms with Gasteiger partial charge in [-0.25, -0.2) is 0 Å². The Bertz CT molecular complexity index is 420. The average molecular weight is 354 g/mol. The van der Waals surface area contributed by atoms with E-state index in [1.807, 2.05) is 13.8 Å². The van der Waals surface area contributed by atoms with E-state index in [-0.39, 0.29) is 5.92 Å². The molecule has 9 atom stereocenters. The van der Waals surface area contributed by atoms with Gasteiger partial charge in [0.15, 0.2) is 12.4 Å². The van der Waals surface area contributed by atoms with Gasteiger partial charge in [-0.1, -0.05) is 13.8 Å². The van der Waals surface area contributed by atoms with Crippen molar-refractivity contribution in [1.82, 2.24) is 0 Å². The van der Waals surface area contributed by atoms with E-state index in [1.54, 1.807) is 0 Å². The summed E-state index contributed by atoms with van der Waals surface area (Å²) in [5, 5.41) is 68.7. The van der Waals surface area contributed by atoms with Crippen LogP contribution in [0.5, 0.6) is 0 Å². The number of hydrogen-bond donors (Lipinski definition) is 7. The van der Waals surface area contributed by atoms with Gasteiger partial charge in [0.2, 0.25) is 0 Å². The Morgan fingerprint density at radius 2 is 1.58 bits per heavy atom. The third-order valence-corrected chi connectivity index (χ3v) is 4.24. The molecule has 0 radical (unpaired) electrons. The van der Waals surface area contributed by atoms with Crippen LogP contribution in [0.3, 0.4) is 0 Å². The lowest BCUT2D eigenvalue weighted by atomic mass is 9.93. The Morgan fingerprint density at radius 3 is 2.08 bits per heavy atom. The second kappa shape index (κ2) is 7.46. The Labute approximate surface area is 138 Å². The van der Waals surface area contributed by atoms with E-state index in [0.717, 1.165) is 0 Å². The second-order valence-corrected chi connectivity index (χ2v) is 6.67. The molecule has 2 rings (SSSR count). The smallest absolute Gasteiger partial charge is 0.313 e. The van der Waals surface area contributed by atoms with Gasteiger partial charge in [-0.2, -0.15) is 0 Å². The molecule has 0 aliphatic carbocycles. The van der Waals surface area contributed by atoms with Crippen molar-refractivity contribution in [2.24, 2.45) is 5.92 Å². The summed E-state index contributed by atoms with van der Waals surface area (Å²) < 4.78 is 15.4. The first-order chi connectivity index (χ1) is 11.1. The van der Waals surface area contributed by atoms with Gasteiger partial charge in [-0.3, -0.25) is 4.74 Å². The molecule has 10 heteroatoms. The molecule has 0 amide bonds. The Morgan fingerprint density at radius 1 is 0.958 bits per heavy atom. The van der Waals surface area contributed by atoms with Crippen molar-refractivity contribution in [3.63, 3.8) is 0 Å². The molecule has 1 unspecified atom stereocenters. The Hall–Kier alpha value is -0.400. The van der Waals surface area contributed by atoms with Crippen LogP contribution in [-0.4, -0.2) is 97.3 Å². The molecule has 0 saturated carbocycles. The SMILES string of the molecule is CC(C)C[C@H]1OC(O[C@]2(O)O[C@H](CO)[C@@H](O)[C@@H]2O)[C@H](O)[C@@H](O)[C@@H]1O. The highest BCUT2D eigenvalue weighted by Crippen LogP contribution is 2.35. The molecule has 0 bridgehead atoms. The molecule has 10 nitrogen and oxygen atoms in total. The van der Waals surface area contributed by atoms with Gasteiger partial charge in [0.25, 0.3) is 0 Å². The normalized spacial score (nSPS) is 49.8. The van der Waals surface area contributed by atoms with Gasteiger partial charge in [0.05, 0.1) is 12.7 Å². The zero-order valence-corrected chi connectivity index (χ0v) is 13.5. The number of hydrogen-bond acceptors (Lipinski definition) is 10. The van der Waals surface area contributed by atoms with Crippen LogP contribution in [0.2, 0.25) is 0 Å². The first-order valence-corrected chi connectivity index (χ1v) is 7.85. The predicted octanol–water partition coefficient (Wildman–Crippen LogP) is -3.38. The molecule has 142 valence electrons. The topological polar surface area (TPSA) is 169 Å². The van der Waals surface area contributed by atoms with Gasteiger partial charge in [0.1, 0.15) is 30.5 Å². The van der Waals surface area contributed by atoms with Crippen LogP contribution in [0.1, 0.15) is 20.3 Å². The van der Waals surface area contributed by atoms with Crippen molar-refractivity contribution in [3.05, 3.63) is 0 Å². The molecule has 0 aromatic rings. The fraction of sp³-hybridized carbons (Fsp3) is 1.00. The highest BCUT2D eigenvalue weighted by atomic mass is 16.9. The molecule has 0 aromatic carbocycles. The fourth-order valence-electron chi connectivity index (χ4n) is 2.86. The maximum atomic E-state index is 10.2. The molecule has 0 spiro atoms. The molecule has 2 aliphatic rings. The van der Waals surface area contributed by atoms with Crippen molar-refractivity contribution in [1.29, 1.82) is 0 Å². The Kier molecular flexibility index (Phi) is 6.19. The number of aliphatic hydroxyl groups is 7. The summed E-state index contributed by atoms with van der Waals surface area (Å²) in [7, 11) is 0. The van der Waals surface area contributed by atoms with E-state index in [4.69, 9.17) is 19.3 Å². The summed E-state index contributed by atoms with van der Waals surface area (Å²) in [5.41, 5.74) is 0. The van der Waals surface area contributed by atoms with Crippen molar-refractivity contribution in [2.45, 2.75) is 75.3 Å². The molecule has 2 aliphatic heterocycles. The van der Waals surface area contributed by atoms with Crippen LogP contribution >= 0.6 is 0 Å². The van der Waals surface area contributed by atoms with Gasteiger partial charge < -0.3 is 45.2 Å². The fourth-order valence-corrected chi connectivity index (χ4v) is 2.86. The lowest BCUT2D eigenvalue weighted by Crippen LogP contribution is -2.61. The van der Waals surface area contributed by atoms with Crippen LogP contribution in [-0.2, 0) is 14.2 Å². The number of rotatable bonds is 5. The highest BCUT2D eigenvalue weighted by molar-refractivity contribution is 4.94. The van der Waals surface area contributed by atoms with Crippen molar-refractivity contribution >= 4 is 0 Å². The quantitative estimate of drug-likeness (QED) is 0.247. The van der Waals surface area contributed by atoms with Crippen LogP contribution in [0.25, 0.3) is 0 Å². The Balaban J connectivity index is 2.12. The second-order valence-electron chi connectivity index (χ2n) is 6.67. The molecule has 0 aromatic heterocycles. The molecule has 24 heavy (non-hydrogen) atoms. The first-order valence-electron chi connectivity index (χ1n) is 7.85. The minimum Gasteiger partial charge on any atom is -0.394 e. The van der Waals surface area contributed by atoms with Gasteiger partial charge in [0, 0.05) is 0 Å². The van der Waals surface area contributed by atoms with Crippen molar-refractivity contribution in [3.8, 4) is 0 Å². The molecule has 2 saturated heterocycles. The average Bonchev–Trinajstić information content (AvgIpc) is 2.73. The van der Waals surface area contributed by atoms with E-state index < -0.39 is 61.6 Å². The maximum absolute atomic E-state index is 10.2. The molecule has 2 fully saturated rings. The number of aliphatic hydroxyl groups excluding tert-OH is 6. The van der Waals surface area contributed by atoms with E-state index in [1.165, 1.54) is 0 Å². The lowest BCUT2D eigenvalue weighted by Gasteiger charge is -2.43. The third-order valence-electron chi connectivity index (χ3n) is 4.24. The van der Waals surface area contributed by atoms with Crippen LogP contribution in [0, 0.1) is 5.92 Å². The van der Waals surface area contributed by atoms with E-state index in [0.29, 0.717) is 6.42 Å². The lowest BCUT2D eigenvalue weighted by molar-refractivity contribution is -0.442. The van der Waals surface area contributed by atoms with Gasteiger partial charge in [-0.15, -0.1) is 0 Å². The van der Waals surface area contributed by atoms with E-state index in [9.17, 15) is 30.6 Å². The standard InChI is InChI=1S/C14H26O10/c1-5(2)3-6-8(16)10(18)11(19)13(22-6)24-14(21)12(20)9(17)7(4-15)23-14/h5-13,15-21H,3-4H2,1-2H3/t6-,7-,8-,9-,10+,11-,12+,13?,14-/m1/s1. The minimum atomic E-state index is -2.75. The highest BCUT2D eigenvalue weighted by Gasteiger charge is 2.58. The summed E-state index contributed by atoms with van der Waals surface area (Å²) in [4.78, 5) is 0. The van der Waals surface area contributed by atoms with Crippen LogP contribution < -0.4 is 0 Å². The van der Waals surface area contributed by atoms with Crippen molar-refractivity contribution in [2.75, 3.05) is 6.61 Å². The summed E-state index contributed by atoms with van der Waals surface area (Å²) in [6.07, 6.45) is -11.7. The zero-order valence-electron chi connectivity index (χ0n) is 13.5. The van der Waals surface area contributed by atoms with Crippen LogP contribution in [0.15, 0.2) is 0 Å². The number of ether oxygens (including phenoxy) is 3. The largest absolute Gasteiger partial charge is 0.394 e. The van der Waals surface area contributed by atoms with E-state index in [2.05, 4.69) is 0 Å². The predicted molar refractivity (Wildman–Crippen MR) is 76.1 cm³/mol. The minimum absolute atomic E-state index is 0.102. The first kappa shape index (κ1) is 19.9. The third kappa shape index (κ3) is 3.73. The maximum Gasteiger partial charge on any atom is 0.313 e. The summed E-state index contributed by atoms with van der Waals surface area (Å²) in [6, 6.07) is 0. The van der Waals surface area contributed by atoms with Crippen LogP contribution in [0.4, 0.5) is 0 Å². The summed E-state index contributed by atoms with van der Waals surface area (Å²) >= 11 is 0. The molecular formula is C14H26O10. The van der Waals surface area contributed by atoms with Gasteiger partial charge >= 0.3 is 5.97 Å². The van der Waals surface area contributed by atoms with Gasteiger partial charge in [-0.05, 0) is 12.3 Å². The monoisotopic (exact) mass is 354 g/mol. The van der Waals surface area contributed by atoms with Crippen molar-refractivity contribution < 1.29 is 50.0 Å². The summed E-state index contributed by atoms with van der Waals surface area (Å²) in [5.74, 6) is -2.65. The molecule has 7 N–H and O–H groups in total. The zero-order chi connectivity index (χ0) is 18.2. The summed E-state index contributed by atoms with van der Waals surface area (Å²) in [6.45, 7) is 3.04. The molecular weight excluding hydrogens is 328 g/mol. The molecule has 2 heterocycles. The van der Waals surface area contributed by atoms with E-state index >= 15 is 0 Å².